The zero-order valence-corrected chi connectivity index (χ0v) is 8.97. The number of hydrogen-bond donors (Lipinski definition) is 1. The number of aliphatic hydroxyl groups is 1. The Morgan fingerprint density at radius 3 is 2.00 bits per heavy atom. The lowest BCUT2D eigenvalue weighted by molar-refractivity contribution is -0.293. The molecule has 1 aliphatic rings. The molecule has 1 fully saturated rings. The van der Waals surface area contributed by atoms with Crippen LogP contribution in [0.5, 0.6) is 0 Å². The first-order valence-electron chi connectivity index (χ1n) is 4.57. The monoisotopic (exact) mass is 206 g/mol. The highest BCUT2D eigenvalue weighted by atomic mass is 16.7. The number of rotatable bonds is 3. The van der Waals surface area contributed by atoms with Gasteiger partial charge in [-0.05, 0) is 6.92 Å². The maximum Gasteiger partial charge on any atom is 0.186 e. The quantitative estimate of drug-likeness (QED) is 0.691. The number of methoxy groups -OCH3 is 3. The van der Waals surface area contributed by atoms with Crippen LogP contribution in [-0.2, 0) is 18.9 Å². The molecule has 0 aromatic carbocycles. The van der Waals surface area contributed by atoms with Crippen molar-refractivity contribution in [3.05, 3.63) is 0 Å². The molecule has 0 amide bonds. The Balaban J connectivity index is 2.73. The smallest absolute Gasteiger partial charge is 0.186 e. The van der Waals surface area contributed by atoms with Crippen LogP contribution in [0.3, 0.4) is 0 Å². The van der Waals surface area contributed by atoms with Gasteiger partial charge >= 0.3 is 0 Å². The lowest BCUT2D eigenvalue weighted by Crippen LogP contribution is -2.58. The fraction of sp³-hybridized carbons (Fsp3) is 1.00. The van der Waals surface area contributed by atoms with Crippen molar-refractivity contribution in [1.29, 1.82) is 0 Å². The molecular weight excluding hydrogens is 188 g/mol. The molecule has 1 rings (SSSR count). The Morgan fingerprint density at radius 2 is 1.57 bits per heavy atom. The maximum absolute atomic E-state index is 9.79. The predicted molar refractivity (Wildman–Crippen MR) is 48.9 cm³/mol. The van der Waals surface area contributed by atoms with Gasteiger partial charge in [0.25, 0.3) is 0 Å². The number of ether oxygens (including phenoxy) is 4. The van der Waals surface area contributed by atoms with Gasteiger partial charge in [-0.3, -0.25) is 0 Å². The summed E-state index contributed by atoms with van der Waals surface area (Å²) in [7, 11) is 4.58. The number of aliphatic hydroxyl groups excluding tert-OH is 1. The molecule has 1 aliphatic heterocycles. The van der Waals surface area contributed by atoms with Gasteiger partial charge in [0.1, 0.15) is 18.3 Å². The minimum atomic E-state index is -0.828. The molecule has 0 radical (unpaired) electrons. The van der Waals surface area contributed by atoms with Crippen LogP contribution in [0.1, 0.15) is 6.92 Å². The zero-order chi connectivity index (χ0) is 10.7. The Labute approximate surface area is 83.9 Å². The molecule has 0 aromatic rings. The largest absolute Gasteiger partial charge is 0.385 e. The Hall–Kier alpha value is -0.200. The van der Waals surface area contributed by atoms with Crippen molar-refractivity contribution in [2.45, 2.75) is 37.6 Å². The molecule has 1 saturated heterocycles. The van der Waals surface area contributed by atoms with E-state index in [0.717, 1.165) is 0 Å². The van der Waals surface area contributed by atoms with Gasteiger partial charge in [-0.2, -0.15) is 0 Å². The first-order chi connectivity index (χ1) is 6.65. The minimum absolute atomic E-state index is 0.168. The second-order valence-electron chi connectivity index (χ2n) is 3.34. The van der Waals surface area contributed by atoms with Crippen molar-refractivity contribution in [2.24, 2.45) is 0 Å². The average molecular weight is 206 g/mol. The van der Waals surface area contributed by atoms with Crippen LogP contribution in [0.15, 0.2) is 0 Å². The molecule has 5 nitrogen and oxygen atoms in total. The predicted octanol–water partition coefficient (Wildman–Crippen LogP) is -0.232. The van der Waals surface area contributed by atoms with Gasteiger partial charge in [0.2, 0.25) is 0 Å². The van der Waals surface area contributed by atoms with Crippen LogP contribution in [0.2, 0.25) is 0 Å². The highest BCUT2D eigenvalue weighted by molar-refractivity contribution is 4.89. The normalized spacial score (nSPS) is 43.9. The van der Waals surface area contributed by atoms with Gasteiger partial charge in [-0.15, -0.1) is 0 Å². The molecule has 5 heteroatoms. The van der Waals surface area contributed by atoms with E-state index in [0.29, 0.717) is 0 Å². The van der Waals surface area contributed by atoms with Crippen molar-refractivity contribution in [1.82, 2.24) is 0 Å². The summed E-state index contributed by atoms with van der Waals surface area (Å²) >= 11 is 0. The van der Waals surface area contributed by atoms with Crippen LogP contribution in [-0.4, -0.2) is 57.1 Å². The molecule has 0 bridgehead atoms. The second-order valence-corrected chi connectivity index (χ2v) is 3.34. The van der Waals surface area contributed by atoms with Crippen LogP contribution in [0.25, 0.3) is 0 Å². The third kappa shape index (κ3) is 2.07. The Kier molecular flexibility index (Phi) is 4.28. The summed E-state index contributed by atoms with van der Waals surface area (Å²) in [6.07, 6.45) is -2.35. The van der Waals surface area contributed by atoms with Gasteiger partial charge in [0, 0.05) is 21.3 Å². The highest BCUT2D eigenvalue weighted by Crippen LogP contribution is 2.24. The molecule has 1 N–H and O–H groups in total. The summed E-state index contributed by atoms with van der Waals surface area (Å²) in [4.78, 5) is 0. The van der Waals surface area contributed by atoms with Crippen molar-refractivity contribution < 1.29 is 24.1 Å². The molecule has 0 aromatic heterocycles. The molecule has 5 atom stereocenters. The molecule has 0 aliphatic carbocycles. The number of hydrogen-bond acceptors (Lipinski definition) is 5. The van der Waals surface area contributed by atoms with Crippen LogP contribution in [0, 0.1) is 0 Å². The SMILES string of the molecule is COC1O[C@@H](C)[C@H](OC)[C@@H](OC)[C@H]1O. The molecular formula is C9H18O5. The average Bonchev–Trinajstić information content (AvgIpc) is 2.20. The van der Waals surface area contributed by atoms with Gasteiger partial charge in [-0.25, -0.2) is 0 Å². The lowest BCUT2D eigenvalue weighted by atomic mass is 9.99. The first-order valence-corrected chi connectivity index (χ1v) is 4.57. The van der Waals surface area contributed by atoms with E-state index in [1.807, 2.05) is 6.92 Å². The minimum Gasteiger partial charge on any atom is -0.385 e. The van der Waals surface area contributed by atoms with E-state index >= 15 is 0 Å². The van der Waals surface area contributed by atoms with Crippen molar-refractivity contribution in [3.63, 3.8) is 0 Å². The van der Waals surface area contributed by atoms with Gasteiger partial charge in [-0.1, -0.05) is 0 Å². The maximum atomic E-state index is 9.79. The second kappa shape index (κ2) is 5.04. The van der Waals surface area contributed by atoms with Gasteiger partial charge < -0.3 is 24.1 Å². The van der Waals surface area contributed by atoms with Crippen LogP contribution in [0.4, 0.5) is 0 Å². The summed E-state index contributed by atoms with van der Waals surface area (Å²) < 4.78 is 20.8. The molecule has 1 heterocycles. The van der Waals surface area contributed by atoms with Crippen LogP contribution < -0.4 is 0 Å². The van der Waals surface area contributed by atoms with E-state index in [2.05, 4.69) is 0 Å². The van der Waals surface area contributed by atoms with E-state index in [1.54, 1.807) is 7.11 Å². The van der Waals surface area contributed by atoms with E-state index in [1.165, 1.54) is 14.2 Å². The Morgan fingerprint density at radius 1 is 1.00 bits per heavy atom. The van der Waals surface area contributed by atoms with Gasteiger partial charge in [0.15, 0.2) is 6.29 Å². The first kappa shape index (κ1) is 11.9. The topological polar surface area (TPSA) is 57.2 Å². The van der Waals surface area contributed by atoms with Crippen molar-refractivity contribution >= 4 is 0 Å². The van der Waals surface area contributed by atoms with E-state index in [9.17, 15) is 5.11 Å². The molecule has 0 saturated carbocycles. The summed E-state index contributed by atoms with van der Waals surface area (Å²) in [6.45, 7) is 1.86. The van der Waals surface area contributed by atoms with E-state index in [-0.39, 0.29) is 12.2 Å². The van der Waals surface area contributed by atoms with Crippen molar-refractivity contribution in [2.75, 3.05) is 21.3 Å². The third-order valence-electron chi connectivity index (χ3n) is 2.53. The summed E-state index contributed by atoms with van der Waals surface area (Å²) in [5, 5.41) is 9.79. The fourth-order valence-corrected chi connectivity index (χ4v) is 1.78. The van der Waals surface area contributed by atoms with Gasteiger partial charge in [0.05, 0.1) is 6.10 Å². The van der Waals surface area contributed by atoms with Crippen molar-refractivity contribution in [3.8, 4) is 0 Å². The summed E-state index contributed by atoms with van der Waals surface area (Å²) in [5.74, 6) is 0. The van der Waals surface area contributed by atoms with E-state index in [4.69, 9.17) is 18.9 Å². The summed E-state index contributed by atoms with van der Waals surface area (Å²) in [6, 6.07) is 0. The zero-order valence-electron chi connectivity index (χ0n) is 8.97. The highest BCUT2D eigenvalue weighted by Gasteiger charge is 2.44. The van der Waals surface area contributed by atoms with Crippen LogP contribution >= 0.6 is 0 Å². The van der Waals surface area contributed by atoms with E-state index < -0.39 is 18.5 Å². The molecule has 84 valence electrons. The molecule has 14 heavy (non-hydrogen) atoms. The summed E-state index contributed by atoms with van der Waals surface area (Å²) in [5.41, 5.74) is 0. The molecule has 1 unspecified atom stereocenters. The Bertz CT molecular complexity index is 175. The standard InChI is InChI=1S/C9H18O5/c1-5-7(11-2)8(12-3)6(10)9(13-4)14-5/h5-10H,1-4H3/t5-,6+,7-,8-,9?/m0/s1. The third-order valence-corrected chi connectivity index (χ3v) is 2.53. The molecule has 0 spiro atoms. The fourth-order valence-electron chi connectivity index (χ4n) is 1.78. The lowest BCUT2D eigenvalue weighted by Gasteiger charge is -2.41.